The Hall–Kier alpha value is -3.07. The van der Waals surface area contributed by atoms with E-state index < -0.39 is 21.7 Å². The second-order valence-corrected chi connectivity index (χ2v) is 7.72. The Balaban J connectivity index is 2.37. The van der Waals surface area contributed by atoms with E-state index in [0.717, 1.165) is 0 Å². The number of rotatable bonds is 7. The van der Waals surface area contributed by atoms with Crippen LogP contribution in [0.25, 0.3) is 0 Å². The van der Waals surface area contributed by atoms with E-state index in [1.165, 1.54) is 57.5 Å². The molecule has 144 valence electrons. The van der Waals surface area contributed by atoms with Gasteiger partial charge in [-0.15, -0.1) is 0 Å². The Morgan fingerprint density at radius 2 is 1.67 bits per heavy atom. The molecule has 8 nitrogen and oxygen atoms in total. The largest absolute Gasteiger partial charge is 0.493 e. The minimum Gasteiger partial charge on any atom is -0.493 e. The molecule has 0 fully saturated rings. The molecule has 0 radical (unpaired) electrons. The number of amides is 1. The number of sulfone groups is 1. The highest BCUT2D eigenvalue weighted by Crippen LogP contribution is 2.37. The highest BCUT2D eigenvalue weighted by Gasteiger charge is 2.19. The first-order chi connectivity index (χ1) is 12.7. The smallest absolute Gasteiger partial charge is 0.335 e. The first kappa shape index (κ1) is 20.2. The molecule has 0 aromatic heterocycles. The Labute approximate surface area is 156 Å². The first-order valence-electron chi connectivity index (χ1n) is 7.87. The molecular formula is C18H19NO7S. The highest BCUT2D eigenvalue weighted by atomic mass is 32.2. The number of carbonyl (C=O) groups is 2. The van der Waals surface area contributed by atoms with Gasteiger partial charge in [0.05, 0.1) is 36.1 Å². The lowest BCUT2D eigenvalue weighted by molar-refractivity contribution is 0.0696. The number of aromatic carboxylic acids is 1. The molecule has 0 saturated carbocycles. The van der Waals surface area contributed by atoms with E-state index in [-0.39, 0.29) is 39.0 Å². The van der Waals surface area contributed by atoms with Crippen molar-refractivity contribution in [1.82, 2.24) is 0 Å². The predicted molar refractivity (Wildman–Crippen MR) is 98.6 cm³/mol. The van der Waals surface area contributed by atoms with Gasteiger partial charge >= 0.3 is 5.97 Å². The second kappa shape index (κ2) is 8.09. The minimum atomic E-state index is -3.37. The summed E-state index contributed by atoms with van der Waals surface area (Å²) in [6.45, 7) is 1.53. The van der Waals surface area contributed by atoms with Crippen molar-refractivity contribution < 1.29 is 32.6 Å². The van der Waals surface area contributed by atoms with Crippen LogP contribution in [0.15, 0.2) is 41.3 Å². The third kappa shape index (κ3) is 4.37. The Morgan fingerprint density at radius 1 is 1.04 bits per heavy atom. The quantitative estimate of drug-likeness (QED) is 0.741. The van der Waals surface area contributed by atoms with Gasteiger partial charge in [-0.1, -0.05) is 6.92 Å². The number of benzene rings is 2. The van der Waals surface area contributed by atoms with E-state index in [2.05, 4.69) is 5.32 Å². The van der Waals surface area contributed by atoms with E-state index in [0.29, 0.717) is 0 Å². The topological polar surface area (TPSA) is 119 Å². The van der Waals surface area contributed by atoms with Crippen molar-refractivity contribution in [2.45, 2.75) is 11.8 Å². The van der Waals surface area contributed by atoms with Crippen LogP contribution in [0.3, 0.4) is 0 Å². The number of hydrogen-bond acceptors (Lipinski definition) is 6. The number of carbonyl (C=O) groups excluding carboxylic acids is 1. The second-order valence-electron chi connectivity index (χ2n) is 5.45. The lowest BCUT2D eigenvalue weighted by atomic mass is 10.1. The molecule has 2 aromatic carbocycles. The van der Waals surface area contributed by atoms with Gasteiger partial charge in [0.2, 0.25) is 0 Å². The molecule has 0 saturated heterocycles. The van der Waals surface area contributed by atoms with Crippen molar-refractivity contribution in [3.63, 3.8) is 0 Å². The number of nitrogens with one attached hydrogen (secondary N) is 1. The van der Waals surface area contributed by atoms with Crippen molar-refractivity contribution in [2.75, 3.05) is 25.3 Å². The molecule has 1 amide bonds. The van der Waals surface area contributed by atoms with Crippen LogP contribution in [0.5, 0.6) is 11.5 Å². The van der Waals surface area contributed by atoms with Crippen molar-refractivity contribution in [1.29, 1.82) is 0 Å². The zero-order valence-corrected chi connectivity index (χ0v) is 15.8. The normalized spacial score (nSPS) is 10.9. The molecule has 0 bridgehead atoms. The van der Waals surface area contributed by atoms with Crippen LogP contribution in [0.1, 0.15) is 27.6 Å². The third-order valence-corrected chi connectivity index (χ3v) is 5.58. The van der Waals surface area contributed by atoms with Crippen LogP contribution in [-0.2, 0) is 9.84 Å². The van der Waals surface area contributed by atoms with E-state index >= 15 is 0 Å². The average Bonchev–Trinajstić information content (AvgIpc) is 2.67. The molecule has 0 spiro atoms. The van der Waals surface area contributed by atoms with Gasteiger partial charge in [0.1, 0.15) is 0 Å². The lowest BCUT2D eigenvalue weighted by Gasteiger charge is -2.15. The van der Waals surface area contributed by atoms with Crippen LogP contribution in [0.2, 0.25) is 0 Å². The van der Waals surface area contributed by atoms with Gasteiger partial charge < -0.3 is 19.9 Å². The zero-order chi connectivity index (χ0) is 20.2. The summed E-state index contributed by atoms with van der Waals surface area (Å²) < 4.78 is 34.0. The summed E-state index contributed by atoms with van der Waals surface area (Å²) in [6, 6.07) is 7.97. The van der Waals surface area contributed by atoms with E-state index in [9.17, 15) is 23.1 Å². The number of carboxylic acid groups (broad SMARTS) is 1. The van der Waals surface area contributed by atoms with Crippen LogP contribution < -0.4 is 14.8 Å². The maximum absolute atomic E-state index is 12.5. The average molecular weight is 393 g/mol. The van der Waals surface area contributed by atoms with E-state index in [1.807, 2.05) is 0 Å². The molecule has 9 heteroatoms. The van der Waals surface area contributed by atoms with Gasteiger partial charge in [0, 0.05) is 5.56 Å². The molecule has 0 aliphatic carbocycles. The molecule has 2 aromatic rings. The summed E-state index contributed by atoms with van der Waals surface area (Å²) in [5.74, 6) is -1.48. The van der Waals surface area contributed by atoms with Crippen molar-refractivity contribution >= 4 is 27.4 Å². The maximum Gasteiger partial charge on any atom is 0.335 e. The van der Waals surface area contributed by atoms with Gasteiger partial charge in [-0.3, -0.25) is 4.79 Å². The number of ether oxygens (including phenoxy) is 2. The van der Waals surface area contributed by atoms with E-state index in [4.69, 9.17) is 9.47 Å². The monoisotopic (exact) mass is 393 g/mol. The summed E-state index contributed by atoms with van der Waals surface area (Å²) in [5.41, 5.74) is 0.226. The van der Waals surface area contributed by atoms with Gasteiger partial charge in [-0.05, 0) is 36.4 Å². The Kier molecular flexibility index (Phi) is 6.06. The molecule has 0 aliphatic rings. The highest BCUT2D eigenvalue weighted by molar-refractivity contribution is 7.91. The van der Waals surface area contributed by atoms with Crippen molar-refractivity contribution in [3.05, 3.63) is 47.5 Å². The predicted octanol–water partition coefficient (Wildman–Crippen LogP) is 2.45. The summed E-state index contributed by atoms with van der Waals surface area (Å²) in [7, 11) is -0.659. The number of hydrogen-bond donors (Lipinski definition) is 2. The lowest BCUT2D eigenvalue weighted by Crippen LogP contribution is -2.14. The zero-order valence-electron chi connectivity index (χ0n) is 15.0. The summed E-state index contributed by atoms with van der Waals surface area (Å²) in [5, 5.41) is 11.8. The van der Waals surface area contributed by atoms with Gasteiger partial charge in [-0.2, -0.15) is 0 Å². The fraction of sp³-hybridized carbons (Fsp3) is 0.222. The fourth-order valence-electron chi connectivity index (χ4n) is 2.36. The van der Waals surface area contributed by atoms with Gasteiger partial charge in [0.25, 0.3) is 5.91 Å². The minimum absolute atomic E-state index is 0.0441. The van der Waals surface area contributed by atoms with Gasteiger partial charge in [0.15, 0.2) is 21.3 Å². The number of carboxylic acids is 1. The number of anilines is 1. The summed E-state index contributed by atoms with van der Waals surface area (Å²) in [4.78, 5) is 23.9. The third-order valence-electron chi connectivity index (χ3n) is 3.83. The van der Waals surface area contributed by atoms with Crippen LogP contribution in [0, 0.1) is 0 Å². The Bertz CT molecular complexity index is 966. The van der Waals surface area contributed by atoms with Gasteiger partial charge in [-0.25, -0.2) is 13.2 Å². The SMILES string of the molecule is CCS(=O)(=O)c1ccc(C(=O)Nc2cc(C(=O)O)cc(OC)c2OC)cc1. The molecule has 27 heavy (non-hydrogen) atoms. The van der Waals surface area contributed by atoms with Crippen LogP contribution in [0.4, 0.5) is 5.69 Å². The summed E-state index contributed by atoms with van der Waals surface area (Å²) in [6.07, 6.45) is 0. The molecule has 0 aliphatic heterocycles. The standard InChI is InChI=1S/C18H19NO7S/c1-4-27(23,24)13-7-5-11(6-8-13)17(20)19-14-9-12(18(21)22)10-15(25-2)16(14)26-3/h5-10H,4H2,1-3H3,(H,19,20)(H,21,22). The fourth-order valence-corrected chi connectivity index (χ4v) is 3.24. The van der Waals surface area contributed by atoms with Crippen LogP contribution >= 0.6 is 0 Å². The number of methoxy groups -OCH3 is 2. The first-order valence-corrected chi connectivity index (χ1v) is 9.52. The summed E-state index contributed by atoms with van der Waals surface area (Å²) >= 11 is 0. The Morgan fingerprint density at radius 3 is 2.15 bits per heavy atom. The molecule has 0 unspecified atom stereocenters. The molecular weight excluding hydrogens is 374 g/mol. The van der Waals surface area contributed by atoms with Crippen LogP contribution in [-0.4, -0.2) is 45.4 Å². The maximum atomic E-state index is 12.5. The molecule has 0 atom stereocenters. The van der Waals surface area contributed by atoms with Crippen molar-refractivity contribution in [2.24, 2.45) is 0 Å². The van der Waals surface area contributed by atoms with E-state index in [1.54, 1.807) is 0 Å². The molecule has 2 N–H and O–H groups in total. The molecule has 0 heterocycles. The molecule has 2 rings (SSSR count). The van der Waals surface area contributed by atoms with Crippen molar-refractivity contribution in [3.8, 4) is 11.5 Å².